The second-order valence-corrected chi connectivity index (χ2v) is 5.46. The van der Waals surface area contributed by atoms with Gasteiger partial charge in [0.2, 0.25) is 5.91 Å². The standard InChI is InChI=1S/C13H25N3O/c14-15-13(17)8-1-2-9-16-10-4-6-11-5-3-7-12(11)16/h11-12H,1-10,14H2,(H,15,17). The van der Waals surface area contributed by atoms with Crippen molar-refractivity contribution in [2.45, 2.75) is 57.4 Å². The summed E-state index contributed by atoms with van der Waals surface area (Å²) in [5, 5.41) is 0. The van der Waals surface area contributed by atoms with Gasteiger partial charge >= 0.3 is 0 Å². The number of likely N-dealkylation sites (tertiary alicyclic amines) is 1. The van der Waals surface area contributed by atoms with Crippen LogP contribution < -0.4 is 11.3 Å². The molecule has 4 nitrogen and oxygen atoms in total. The molecule has 3 N–H and O–H groups in total. The van der Waals surface area contributed by atoms with Gasteiger partial charge in [-0.3, -0.25) is 10.2 Å². The predicted octanol–water partition coefficient (Wildman–Crippen LogP) is 1.41. The zero-order valence-electron chi connectivity index (χ0n) is 10.7. The van der Waals surface area contributed by atoms with Crippen LogP contribution in [-0.2, 0) is 4.79 Å². The lowest BCUT2D eigenvalue weighted by Gasteiger charge is -2.37. The summed E-state index contributed by atoms with van der Waals surface area (Å²) in [5.41, 5.74) is 2.19. The second kappa shape index (κ2) is 6.36. The van der Waals surface area contributed by atoms with Gasteiger partial charge in [0.1, 0.15) is 0 Å². The molecule has 98 valence electrons. The molecule has 1 amide bonds. The van der Waals surface area contributed by atoms with Crippen LogP contribution in [0.4, 0.5) is 0 Å². The normalized spacial score (nSPS) is 29.0. The van der Waals surface area contributed by atoms with E-state index < -0.39 is 0 Å². The van der Waals surface area contributed by atoms with Crippen molar-refractivity contribution in [3.8, 4) is 0 Å². The van der Waals surface area contributed by atoms with Crippen molar-refractivity contribution >= 4 is 5.91 Å². The van der Waals surface area contributed by atoms with Crippen LogP contribution >= 0.6 is 0 Å². The largest absolute Gasteiger partial charge is 0.300 e. The van der Waals surface area contributed by atoms with Crippen molar-refractivity contribution in [2.75, 3.05) is 13.1 Å². The Labute approximate surface area is 104 Å². The fourth-order valence-electron chi connectivity index (χ4n) is 3.51. The summed E-state index contributed by atoms with van der Waals surface area (Å²) in [4.78, 5) is 13.7. The Bertz CT molecular complexity index is 257. The molecule has 2 atom stereocenters. The summed E-state index contributed by atoms with van der Waals surface area (Å²) in [6, 6.07) is 0.854. The number of nitrogens with one attached hydrogen (secondary N) is 1. The number of carbonyl (C=O) groups is 1. The molecule has 0 aromatic rings. The molecule has 0 bridgehead atoms. The van der Waals surface area contributed by atoms with Crippen LogP contribution in [0.5, 0.6) is 0 Å². The van der Waals surface area contributed by atoms with Crippen molar-refractivity contribution in [1.29, 1.82) is 0 Å². The Morgan fingerprint density at radius 1 is 1.24 bits per heavy atom. The Balaban J connectivity index is 1.66. The topological polar surface area (TPSA) is 58.4 Å². The van der Waals surface area contributed by atoms with Gasteiger partial charge in [-0.1, -0.05) is 6.42 Å². The maximum atomic E-state index is 11.0. The SMILES string of the molecule is NNC(=O)CCCCN1CCCC2CCCC21. The van der Waals surface area contributed by atoms with Crippen molar-refractivity contribution < 1.29 is 4.79 Å². The highest BCUT2D eigenvalue weighted by Gasteiger charge is 2.34. The molecular weight excluding hydrogens is 214 g/mol. The van der Waals surface area contributed by atoms with E-state index in [1.165, 1.54) is 45.2 Å². The summed E-state index contributed by atoms with van der Waals surface area (Å²) in [6.45, 7) is 2.43. The van der Waals surface area contributed by atoms with E-state index in [2.05, 4.69) is 10.3 Å². The number of hydrogen-bond acceptors (Lipinski definition) is 3. The monoisotopic (exact) mass is 239 g/mol. The minimum Gasteiger partial charge on any atom is -0.300 e. The summed E-state index contributed by atoms with van der Waals surface area (Å²) in [7, 11) is 0. The van der Waals surface area contributed by atoms with Crippen LogP contribution in [0.25, 0.3) is 0 Å². The first-order valence-corrected chi connectivity index (χ1v) is 7.05. The average Bonchev–Trinajstić information content (AvgIpc) is 2.83. The van der Waals surface area contributed by atoms with Gasteiger partial charge in [0.15, 0.2) is 0 Å². The van der Waals surface area contributed by atoms with Gasteiger partial charge in [0.25, 0.3) is 0 Å². The average molecular weight is 239 g/mol. The third kappa shape index (κ3) is 3.42. The molecule has 2 fully saturated rings. The van der Waals surface area contributed by atoms with E-state index in [4.69, 9.17) is 5.84 Å². The number of fused-ring (bicyclic) bond motifs is 1. The van der Waals surface area contributed by atoms with Crippen molar-refractivity contribution in [3.05, 3.63) is 0 Å². The van der Waals surface area contributed by atoms with Gasteiger partial charge in [-0.2, -0.15) is 0 Å². The highest BCUT2D eigenvalue weighted by atomic mass is 16.2. The molecular formula is C13H25N3O. The van der Waals surface area contributed by atoms with Gasteiger partial charge in [-0.25, -0.2) is 5.84 Å². The molecule has 4 heteroatoms. The summed E-state index contributed by atoms with van der Waals surface area (Å²) in [6.07, 6.45) is 9.71. The maximum Gasteiger partial charge on any atom is 0.233 e. The van der Waals surface area contributed by atoms with Gasteiger partial charge in [0, 0.05) is 12.5 Å². The van der Waals surface area contributed by atoms with Crippen LogP contribution in [0.15, 0.2) is 0 Å². The summed E-state index contributed by atoms with van der Waals surface area (Å²) < 4.78 is 0. The number of unbranched alkanes of at least 4 members (excludes halogenated alkanes) is 1. The molecule has 2 aliphatic rings. The molecule has 1 heterocycles. The lowest BCUT2D eigenvalue weighted by molar-refractivity contribution is -0.121. The fraction of sp³-hybridized carbons (Fsp3) is 0.923. The Kier molecular flexibility index (Phi) is 4.80. The van der Waals surface area contributed by atoms with Crippen LogP contribution in [0.2, 0.25) is 0 Å². The zero-order chi connectivity index (χ0) is 12.1. The van der Waals surface area contributed by atoms with Crippen molar-refractivity contribution in [2.24, 2.45) is 11.8 Å². The smallest absolute Gasteiger partial charge is 0.233 e. The van der Waals surface area contributed by atoms with E-state index in [0.717, 1.165) is 24.8 Å². The van der Waals surface area contributed by atoms with Crippen molar-refractivity contribution in [3.63, 3.8) is 0 Å². The van der Waals surface area contributed by atoms with Crippen LogP contribution in [0, 0.1) is 5.92 Å². The van der Waals surface area contributed by atoms with Gasteiger partial charge < -0.3 is 4.90 Å². The van der Waals surface area contributed by atoms with Gasteiger partial charge in [-0.15, -0.1) is 0 Å². The molecule has 17 heavy (non-hydrogen) atoms. The molecule has 0 aromatic heterocycles. The lowest BCUT2D eigenvalue weighted by atomic mass is 9.92. The maximum absolute atomic E-state index is 11.0. The zero-order valence-corrected chi connectivity index (χ0v) is 10.7. The summed E-state index contributed by atoms with van der Waals surface area (Å²) in [5.74, 6) is 5.99. The molecule has 0 aromatic carbocycles. The number of hydrazine groups is 1. The van der Waals surface area contributed by atoms with Crippen LogP contribution in [0.1, 0.15) is 51.4 Å². The lowest BCUT2D eigenvalue weighted by Crippen LogP contribution is -2.43. The minimum atomic E-state index is -0.0395. The first kappa shape index (κ1) is 12.8. The first-order valence-electron chi connectivity index (χ1n) is 7.05. The molecule has 0 radical (unpaired) electrons. The molecule has 2 rings (SSSR count). The van der Waals surface area contributed by atoms with E-state index in [1.807, 2.05) is 0 Å². The van der Waals surface area contributed by atoms with Gasteiger partial charge in [0.05, 0.1) is 0 Å². The number of piperidine rings is 1. The Morgan fingerprint density at radius 3 is 2.88 bits per heavy atom. The van der Waals surface area contributed by atoms with E-state index >= 15 is 0 Å². The number of rotatable bonds is 5. The predicted molar refractivity (Wildman–Crippen MR) is 68.1 cm³/mol. The number of amides is 1. The van der Waals surface area contributed by atoms with Crippen molar-refractivity contribution in [1.82, 2.24) is 10.3 Å². The highest BCUT2D eigenvalue weighted by molar-refractivity contribution is 5.75. The van der Waals surface area contributed by atoms with E-state index in [0.29, 0.717) is 6.42 Å². The van der Waals surface area contributed by atoms with E-state index in [9.17, 15) is 4.79 Å². The number of nitrogens with two attached hydrogens (primary N) is 1. The number of nitrogens with zero attached hydrogens (tertiary/aromatic N) is 1. The van der Waals surface area contributed by atoms with Crippen LogP contribution in [-0.4, -0.2) is 29.9 Å². The first-order chi connectivity index (χ1) is 8.31. The third-order valence-corrected chi connectivity index (χ3v) is 4.37. The molecule has 1 saturated heterocycles. The second-order valence-electron chi connectivity index (χ2n) is 5.46. The molecule has 1 aliphatic heterocycles. The molecule has 2 unspecified atom stereocenters. The Hall–Kier alpha value is -0.610. The van der Waals surface area contributed by atoms with Crippen LogP contribution in [0.3, 0.4) is 0 Å². The fourth-order valence-corrected chi connectivity index (χ4v) is 3.51. The molecule has 1 saturated carbocycles. The van der Waals surface area contributed by atoms with Gasteiger partial charge in [-0.05, 0) is 57.5 Å². The quantitative estimate of drug-likeness (QED) is 0.330. The number of hydrogen-bond donors (Lipinski definition) is 2. The Morgan fingerprint density at radius 2 is 2.06 bits per heavy atom. The minimum absolute atomic E-state index is 0.0395. The highest BCUT2D eigenvalue weighted by Crippen LogP contribution is 2.36. The summed E-state index contributed by atoms with van der Waals surface area (Å²) >= 11 is 0. The molecule has 1 aliphatic carbocycles. The third-order valence-electron chi connectivity index (χ3n) is 4.37. The van der Waals surface area contributed by atoms with E-state index in [-0.39, 0.29) is 5.91 Å². The molecule has 0 spiro atoms. The van der Waals surface area contributed by atoms with E-state index in [1.54, 1.807) is 0 Å². The number of carbonyl (C=O) groups excluding carboxylic acids is 1.